The molecule has 4 saturated carbocycles. The lowest BCUT2D eigenvalue weighted by Gasteiger charge is -2.60. The van der Waals surface area contributed by atoms with Gasteiger partial charge in [-0.1, -0.05) is 32.8 Å². The average molecular weight is 287 g/mol. The highest BCUT2D eigenvalue weighted by atomic mass is 14.6. The molecular weight excluding hydrogens is 252 g/mol. The SMILES string of the molecule is C=C[C@H]1CC[C@H]2[C@@H]3CCC4CCCC[C@]4(C)[C@H]3CC[C@]12C. The van der Waals surface area contributed by atoms with E-state index in [9.17, 15) is 0 Å². The fraction of sp³-hybridized carbons (Fsp3) is 0.905. The van der Waals surface area contributed by atoms with Crippen LogP contribution in [0.4, 0.5) is 0 Å². The highest BCUT2D eigenvalue weighted by molar-refractivity contribution is 5.11. The summed E-state index contributed by atoms with van der Waals surface area (Å²) in [7, 11) is 0. The topological polar surface area (TPSA) is 0 Å². The summed E-state index contributed by atoms with van der Waals surface area (Å²) in [5.41, 5.74) is 1.30. The molecule has 0 aliphatic heterocycles. The van der Waals surface area contributed by atoms with Crippen molar-refractivity contribution >= 4 is 0 Å². The van der Waals surface area contributed by atoms with Crippen molar-refractivity contribution in [1.29, 1.82) is 0 Å². The molecule has 4 aliphatic rings. The predicted octanol–water partition coefficient (Wildman–Crippen LogP) is 6.22. The maximum atomic E-state index is 4.16. The lowest BCUT2D eigenvalue weighted by molar-refractivity contribution is -0.107. The molecule has 0 nitrogen and oxygen atoms in total. The number of allylic oxidation sites excluding steroid dienone is 1. The number of rotatable bonds is 1. The van der Waals surface area contributed by atoms with E-state index in [1.165, 1.54) is 51.4 Å². The number of hydrogen-bond donors (Lipinski definition) is 0. The Morgan fingerprint density at radius 3 is 2.43 bits per heavy atom. The molecule has 0 N–H and O–H groups in total. The van der Waals surface area contributed by atoms with Crippen LogP contribution in [-0.4, -0.2) is 0 Å². The van der Waals surface area contributed by atoms with Crippen molar-refractivity contribution in [3.63, 3.8) is 0 Å². The Bertz CT molecular complexity index is 424. The van der Waals surface area contributed by atoms with Crippen LogP contribution in [0.1, 0.15) is 78.1 Å². The van der Waals surface area contributed by atoms with Crippen LogP contribution >= 0.6 is 0 Å². The van der Waals surface area contributed by atoms with Gasteiger partial charge in [0, 0.05) is 0 Å². The van der Waals surface area contributed by atoms with Gasteiger partial charge in [-0.15, -0.1) is 6.58 Å². The van der Waals surface area contributed by atoms with Crippen LogP contribution in [0.2, 0.25) is 0 Å². The van der Waals surface area contributed by atoms with Crippen molar-refractivity contribution in [3.8, 4) is 0 Å². The minimum absolute atomic E-state index is 0.598. The van der Waals surface area contributed by atoms with Gasteiger partial charge in [-0.25, -0.2) is 0 Å². The summed E-state index contributed by atoms with van der Waals surface area (Å²) in [6.07, 6.45) is 17.4. The molecule has 0 aromatic heterocycles. The van der Waals surface area contributed by atoms with Gasteiger partial charge in [0.2, 0.25) is 0 Å². The van der Waals surface area contributed by atoms with Gasteiger partial charge in [0.15, 0.2) is 0 Å². The van der Waals surface area contributed by atoms with E-state index in [1.54, 1.807) is 12.8 Å². The molecular formula is C21H34. The smallest absolute Gasteiger partial charge is 0.0179 e. The first kappa shape index (κ1) is 14.3. The van der Waals surface area contributed by atoms with E-state index in [1.807, 2.05) is 0 Å². The molecule has 7 atom stereocenters. The van der Waals surface area contributed by atoms with Crippen LogP contribution in [-0.2, 0) is 0 Å². The van der Waals surface area contributed by atoms with Crippen molar-refractivity contribution in [2.24, 2.45) is 40.4 Å². The monoisotopic (exact) mass is 286 g/mol. The van der Waals surface area contributed by atoms with E-state index in [2.05, 4.69) is 26.5 Å². The molecule has 0 radical (unpaired) electrons. The Balaban J connectivity index is 1.64. The first-order valence-electron chi connectivity index (χ1n) is 9.72. The Hall–Kier alpha value is -0.260. The predicted molar refractivity (Wildman–Crippen MR) is 90.0 cm³/mol. The zero-order chi connectivity index (χ0) is 14.7. The molecule has 0 heterocycles. The number of fused-ring (bicyclic) bond motifs is 5. The highest BCUT2D eigenvalue weighted by Gasteiger charge is 2.58. The van der Waals surface area contributed by atoms with Gasteiger partial charge in [0.1, 0.15) is 0 Å². The molecule has 118 valence electrons. The van der Waals surface area contributed by atoms with E-state index in [0.717, 1.165) is 29.6 Å². The molecule has 4 fully saturated rings. The summed E-state index contributed by atoms with van der Waals surface area (Å²) in [6.45, 7) is 9.47. The van der Waals surface area contributed by atoms with E-state index >= 15 is 0 Å². The zero-order valence-corrected chi connectivity index (χ0v) is 14.2. The molecule has 0 heteroatoms. The van der Waals surface area contributed by atoms with Crippen molar-refractivity contribution in [2.45, 2.75) is 78.1 Å². The summed E-state index contributed by atoms with van der Waals surface area (Å²) >= 11 is 0. The van der Waals surface area contributed by atoms with Crippen molar-refractivity contribution in [2.75, 3.05) is 0 Å². The summed E-state index contributed by atoms with van der Waals surface area (Å²) in [5, 5.41) is 0. The Morgan fingerprint density at radius 2 is 1.62 bits per heavy atom. The summed E-state index contributed by atoms with van der Waals surface area (Å²) in [6, 6.07) is 0. The molecule has 0 saturated heterocycles. The molecule has 0 aromatic carbocycles. The highest BCUT2D eigenvalue weighted by Crippen LogP contribution is 2.67. The van der Waals surface area contributed by atoms with Crippen LogP contribution in [0.25, 0.3) is 0 Å². The summed E-state index contributed by atoms with van der Waals surface area (Å²) in [5.74, 6) is 4.99. The Labute approximate surface area is 131 Å². The lowest BCUT2D eigenvalue weighted by Crippen LogP contribution is -2.52. The zero-order valence-electron chi connectivity index (χ0n) is 14.2. The molecule has 4 rings (SSSR count). The molecule has 0 spiro atoms. The van der Waals surface area contributed by atoms with E-state index < -0.39 is 0 Å². The van der Waals surface area contributed by atoms with Gasteiger partial charge in [-0.2, -0.15) is 0 Å². The molecule has 0 aromatic rings. The minimum atomic E-state index is 0.598. The second kappa shape index (κ2) is 4.87. The van der Waals surface area contributed by atoms with E-state index in [4.69, 9.17) is 0 Å². The first-order valence-corrected chi connectivity index (χ1v) is 9.72. The van der Waals surface area contributed by atoms with Crippen LogP contribution in [0, 0.1) is 40.4 Å². The van der Waals surface area contributed by atoms with Crippen molar-refractivity contribution in [3.05, 3.63) is 12.7 Å². The third kappa shape index (κ3) is 1.86. The molecule has 4 aliphatic carbocycles. The van der Waals surface area contributed by atoms with Crippen LogP contribution < -0.4 is 0 Å². The van der Waals surface area contributed by atoms with E-state index in [-0.39, 0.29) is 0 Å². The number of hydrogen-bond acceptors (Lipinski definition) is 0. The van der Waals surface area contributed by atoms with Crippen LogP contribution in [0.15, 0.2) is 12.7 Å². The summed E-state index contributed by atoms with van der Waals surface area (Å²) in [4.78, 5) is 0. The van der Waals surface area contributed by atoms with Crippen LogP contribution in [0.3, 0.4) is 0 Å². The first-order chi connectivity index (χ1) is 10.1. The van der Waals surface area contributed by atoms with E-state index in [0.29, 0.717) is 10.8 Å². The van der Waals surface area contributed by atoms with Gasteiger partial charge in [0.05, 0.1) is 0 Å². The fourth-order valence-corrected chi connectivity index (χ4v) is 7.72. The standard InChI is InChI=1S/C21H34/c1-4-15-9-11-18-17-10-8-16-7-5-6-13-20(16,2)19(17)12-14-21(15,18)3/h4,15-19H,1,5-14H2,2-3H3/t15-,16?,17-,18-,19-,20-,21+/m0/s1. The second-order valence-corrected chi connectivity index (χ2v) is 9.37. The Kier molecular flexibility index (Phi) is 3.32. The van der Waals surface area contributed by atoms with Gasteiger partial charge in [-0.3, -0.25) is 0 Å². The Morgan fingerprint density at radius 1 is 0.810 bits per heavy atom. The van der Waals surface area contributed by atoms with Gasteiger partial charge in [-0.05, 0) is 91.8 Å². The third-order valence-corrected chi connectivity index (χ3v) is 8.94. The maximum absolute atomic E-state index is 4.16. The summed E-state index contributed by atoms with van der Waals surface area (Å²) < 4.78 is 0. The second-order valence-electron chi connectivity index (χ2n) is 9.37. The molecule has 21 heavy (non-hydrogen) atoms. The van der Waals surface area contributed by atoms with Gasteiger partial charge < -0.3 is 0 Å². The van der Waals surface area contributed by atoms with Gasteiger partial charge in [0.25, 0.3) is 0 Å². The maximum Gasteiger partial charge on any atom is -0.0179 e. The molecule has 1 unspecified atom stereocenters. The van der Waals surface area contributed by atoms with Gasteiger partial charge >= 0.3 is 0 Å². The fourth-order valence-electron chi connectivity index (χ4n) is 7.72. The van der Waals surface area contributed by atoms with Crippen molar-refractivity contribution in [1.82, 2.24) is 0 Å². The molecule has 0 amide bonds. The quantitative estimate of drug-likeness (QED) is 0.502. The largest absolute Gasteiger partial charge is 0.103 e. The average Bonchev–Trinajstić information content (AvgIpc) is 2.83. The normalized spacial score (nSPS) is 56.2. The minimum Gasteiger partial charge on any atom is -0.103 e. The third-order valence-electron chi connectivity index (χ3n) is 8.94. The van der Waals surface area contributed by atoms with Crippen LogP contribution in [0.5, 0.6) is 0 Å². The lowest BCUT2D eigenvalue weighted by atomic mass is 9.45. The molecule has 0 bridgehead atoms. The van der Waals surface area contributed by atoms with Crippen molar-refractivity contribution < 1.29 is 0 Å².